The fourth-order valence-corrected chi connectivity index (χ4v) is 1.30. The average molecular weight is 247 g/mol. The second kappa shape index (κ2) is 5.77. The molecule has 0 fully saturated rings. The van der Waals surface area contributed by atoms with E-state index in [4.69, 9.17) is 10.00 Å². The Hall–Kier alpha value is -2.42. The van der Waals surface area contributed by atoms with Gasteiger partial charge in [0, 0.05) is 14.0 Å². The summed E-state index contributed by atoms with van der Waals surface area (Å²) in [6.07, 6.45) is 0. The van der Waals surface area contributed by atoms with E-state index in [1.54, 1.807) is 6.92 Å². The summed E-state index contributed by atoms with van der Waals surface area (Å²) in [7, 11) is 1.52. The van der Waals surface area contributed by atoms with Gasteiger partial charge in [0.1, 0.15) is 11.8 Å². The van der Waals surface area contributed by atoms with Crippen LogP contribution in [-0.4, -0.2) is 30.5 Å². The minimum absolute atomic E-state index is 0.0337. The molecule has 1 aromatic heterocycles. The Morgan fingerprint density at radius 2 is 2.17 bits per heavy atom. The van der Waals surface area contributed by atoms with Crippen LogP contribution in [0.5, 0.6) is 0 Å². The molecule has 6 nitrogen and oxygen atoms in total. The first-order chi connectivity index (χ1) is 8.51. The van der Waals surface area contributed by atoms with Crippen LogP contribution in [0.25, 0.3) is 0 Å². The monoisotopic (exact) mass is 247 g/mol. The van der Waals surface area contributed by atoms with E-state index in [9.17, 15) is 9.59 Å². The minimum atomic E-state index is -0.655. The highest BCUT2D eigenvalue weighted by molar-refractivity contribution is 6.00. The number of nitrogens with zero attached hydrogens (tertiary/aromatic N) is 3. The molecule has 0 aromatic carbocycles. The van der Waals surface area contributed by atoms with Crippen molar-refractivity contribution in [1.29, 1.82) is 5.26 Å². The lowest BCUT2D eigenvalue weighted by Gasteiger charge is -2.17. The van der Waals surface area contributed by atoms with E-state index >= 15 is 0 Å². The molecule has 0 saturated carbocycles. The quantitative estimate of drug-likeness (QED) is 0.747. The Labute approximate surface area is 105 Å². The van der Waals surface area contributed by atoms with Crippen molar-refractivity contribution >= 4 is 17.6 Å². The lowest BCUT2D eigenvalue weighted by molar-refractivity contribution is -0.116. The van der Waals surface area contributed by atoms with E-state index in [-0.39, 0.29) is 23.9 Å². The number of rotatable bonds is 3. The molecule has 0 aliphatic carbocycles. The molecule has 0 unspecified atom stereocenters. The Morgan fingerprint density at radius 3 is 2.67 bits per heavy atom. The summed E-state index contributed by atoms with van der Waals surface area (Å²) >= 11 is 0. The van der Waals surface area contributed by atoms with Crippen molar-refractivity contribution in [3.05, 3.63) is 23.5 Å². The van der Waals surface area contributed by atoms with Gasteiger partial charge in [-0.05, 0) is 19.1 Å². The zero-order chi connectivity index (χ0) is 13.7. The van der Waals surface area contributed by atoms with Crippen LogP contribution in [0.3, 0.4) is 0 Å². The molecule has 0 N–H and O–H groups in total. The van der Waals surface area contributed by atoms with Crippen LogP contribution in [0.15, 0.2) is 12.1 Å². The van der Waals surface area contributed by atoms with Crippen molar-refractivity contribution in [2.24, 2.45) is 0 Å². The van der Waals surface area contributed by atoms with Crippen LogP contribution in [0.2, 0.25) is 0 Å². The van der Waals surface area contributed by atoms with Gasteiger partial charge in [-0.2, -0.15) is 5.26 Å². The SMILES string of the molecule is CCOC(=O)c1nc(C#N)ccc1N(C)C(C)=O. The van der Waals surface area contributed by atoms with Gasteiger partial charge in [-0.1, -0.05) is 0 Å². The summed E-state index contributed by atoms with van der Waals surface area (Å²) < 4.78 is 4.85. The number of esters is 1. The molecule has 1 amide bonds. The molecule has 0 spiro atoms. The van der Waals surface area contributed by atoms with Crippen molar-refractivity contribution in [3.8, 4) is 6.07 Å². The van der Waals surface area contributed by atoms with Gasteiger partial charge < -0.3 is 9.64 Å². The Bertz CT molecular complexity index is 520. The van der Waals surface area contributed by atoms with Gasteiger partial charge in [0.15, 0.2) is 5.69 Å². The smallest absolute Gasteiger partial charge is 0.359 e. The third-order valence-electron chi connectivity index (χ3n) is 2.29. The highest BCUT2D eigenvalue weighted by Crippen LogP contribution is 2.19. The predicted molar refractivity (Wildman–Crippen MR) is 64.0 cm³/mol. The molecule has 6 heteroatoms. The number of hydrogen-bond acceptors (Lipinski definition) is 5. The minimum Gasteiger partial charge on any atom is -0.461 e. The normalized spacial score (nSPS) is 9.44. The first-order valence-corrected chi connectivity index (χ1v) is 5.33. The van der Waals surface area contributed by atoms with Gasteiger partial charge in [0.05, 0.1) is 12.3 Å². The number of carbonyl (C=O) groups is 2. The second-order valence-electron chi connectivity index (χ2n) is 3.47. The average Bonchev–Trinajstić information content (AvgIpc) is 2.37. The fraction of sp³-hybridized carbons (Fsp3) is 0.333. The number of ether oxygens (including phenoxy) is 1. The Balaban J connectivity index is 3.29. The highest BCUT2D eigenvalue weighted by Gasteiger charge is 2.20. The van der Waals surface area contributed by atoms with E-state index in [1.165, 1.54) is 31.0 Å². The molecule has 18 heavy (non-hydrogen) atoms. The molecule has 1 aromatic rings. The number of pyridine rings is 1. The number of nitriles is 1. The maximum absolute atomic E-state index is 11.7. The summed E-state index contributed by atoms with van der Waals surface area (Å²) in [6.45, 7) is 3.23. The third kappa shape index (κ3) is 2.83. The van der Waals surface area contributed by atoms with Crippen molar-refractivity contribution < 1.29 is 14.3 Å². The van der Waals surface area contributed by atoms with Gasteiger partial charge >= 0.3 is 5.97 Å². The molecule has 0 radical (unpaired) electrons. The van der Waals surface area contributed by atoms with E-state index in [0.717, 1.165) is 0 Å². The zero-order valence-electron chi connectivity index (χ0n) is 10.4. The Kier molecular flexibility index (Phi) is 4.38. The number of hydrogen-bond donors (Lipinski definition) is 0. The van der Waals surface area contributed by atoms with E-state index in [2.05, 4.69) is 4.98 Å². The molecular weight excluding hydrogens is 234 g/mol. The van der Waals surface area contributed by atoms with Crippen LogP contribution in [-0.2, 0) is 9.53 Å². The summed E-state index contributed by atoms with van der Waals surface area (Å²) in [5.41, 5.74) is 0.382. The predicted octanol–water partition coefficient (Wildman–Crippen LogP) is 1.11. The van der Waals surface area contributed by atoms with Crippen molar-refractivity contribution in [2.45, 2.75) is 13.8 Å². The summed E-state index contributed by atoms with van der Waals surface area (Å²) in [5, 5.41) is 8.77. The molecule has 1 heterocycles. The lowest BCUT2D eigenvalue weighted by atomic mass is 10.2. The standard InChI is InChI=1S/C12H13N3O3/c1-4-18-12(17)11-10(15(3)8(2)16)6-5-9(7-13)14-11/h5-6H,4H2,1-3H3. The van der Waals surface area contributed by atoms with E-state index in [1.807, 2.05) is 6.07 Å². The topological polar surface area (TPSA) is 83.3 Å². The van der Waals surface area contributed by atoms with Crippen LogP contribution in [0, 0.1) is 11.3 Å². The van der Waals surface area contributed by atoms with Crippen molar-refractivity contribution in [1.82, 2.24) is 4.98 Å². The maximum Gasteiger partial charge on any atom is 0.359 e. The van der Waals surface area contributed by atoms with Gasteiger partial charge in [-0.3, -0.25) is 4.79 Å². The zero-order valence-corrected chi connectivity index (χ0v) is 10.4. The second-order valence-corrected chi connectivity index (χ2v) is 3.47. The van der Waals surface area contributed by atoms with Crippen LogP contribution >= 0.6 is 0 Å². The third-order valence-corrected chi connectivity index (χ3v) is 2.29. The van der Waals surface area contributed by atoms with Crippen molar-refractivity contribution in [2.75, 3.05) is 18.6 Å². The molecule has 0 aliphatic heterocycles. The summed E-state index contributed by atoms with van der Waals surface area (Å²) in [6, 6.07) is 4.78. The maximum atomic E-state index is 11.7. The molecule has 0 bridgehead atoms. The number of carbonyl (C=O) groups excluding carboxylic acids is 2. The van der Waals surface area contributed by atoms with Gasteiger partial charge in [0.25, 0.3) is 0 Å². The largest absolute Gasteiger partial charge is 0.461 e. The lowest BCUT2D eigenvalue weighted by Crippen LogP contribution is -2.26. The van der Waals surface area contributed by atoms with E-state index in [0.29, 0.717) is 5.69 Å². The highest BCUT2D eigenvalue weighted by atomic mass is 16.5. The summed E-state index contributed by atoms with van der Waals surface area (Å²) in [4.78, 5) is 28.2. The molecular formula is C12H13N3O3. The number of anilines is 1. The molecule has 0 atom stereocenters. The van der Waals surface area contributed by atoms with Gasteiger partial charge in [-0.25, -0.2) is 9.78 Å². The number of amides is 1. The van der Waals surface area contributed by atoms with Crippen LogP contribution in [0.4, 0.5) is 5.69 Å². The van der Waals surface area contributed by atoms with Crippen LogP contribution < -0.4 is 4.90 Å². The molecule has 1 rings (SSSR count). The molecule has 0 aliphatic rings. The van der Waals surface area contributed by atoms with E-state index < -0.39 is 5.97 Å². The summed E-state index contributed by atoms with van der Waals surface area (Å²) in [5.74, 6) is -0.898. The molecule has 94 valence electrons. The molecule has 0 saturated heterocycles. The fourth-order valence-electron chi connectivity index (χ4n) is 1.30. The number of aromatic nitrogens is 1. The van der Waals surface area contributed by atoms with Gasteiger partial charge in [0.2, 0.25) is 5.91 Å². The van der Waals surface area contributed by atoms with Gasteiger partial charge in [-0.15, -0.1) is 0 Å². The Morgan fingerprint density at radius 1 is 1.50 bits per heavy atom. The van der Waals surface area contributed by atoms with Crippen molar-refractivity contribution in [3.63, 3.8) is 0 Å². The first kappa shape index (κ1) is 13.6. The van der Waals surface area contributed by atoms with Crippen LogP contribution in [0.1, 0.15) is 30.0 Å². The first-order valence-electron chi connectivity index (χ1n) is 5.33.